The summed E-state index contributed by atoms with van der Waals surface area (Å²) < 4.78 is 14.9. The van der Waals surface area contributed by atoms with Crippen LogP contribution in [0.25, 0.3) is 5.57 Å². The minimum Gasteiger partial charge on any atom is -0.205 e. The summed E-state index contributed by atoms with van der Waals surface area (Å²) in [6.45, 7) is 4.53. The minimum absolute atomic E-state index is 0.192. The Morgan fingerprint density at radius 3 is 2.48 bits per heavy atom. The largest absolute Gasteiger partial charge is 0.205 e. The van der Waals surface area contributed by atoms with Gasteiger partial charge in [-0.15, -0.1) is 0 Å². The molecule has 2 aliphatic carbocycles. The zero-order valence-corrected chi connectivity index (χ0v) is 15.1. The Kier molecular flexibility index (Phi) is 5.46. The Bertz CT molecular complexity index is 582. The van der Waals surface area contributed by atoms with Crippen molar-refractivity contribution in [1.29, 1.82) is 0 Å². The fraction of sp³-hybridized carbons (Fsp3) is 0.619. The molecule has 1 fully saturated rings. The summed E-state index contributed by atoms with van der Waals surface area (Å²) in [7, 11) is 0. The van der Waals surface area contributed by atoms with Crippen LogP contribution in [0.4, 0.5) is 4.39 Å². The van der Waals surface area contributed by atoms with Gasteiger partial charge >= 0.3 is 0 Å². The molecule has 0 bridgehead atoms. The fourth-order valence-corrected chi connectivity index (χ4v) is 4.54. The third kappa shape index (κ3) is 3.65. The van der Waals surface area contributed by atoms with Crippen molar-refractivity contribution in [2.75, 3.05) is 0 Å². The molecule has 1 aromatic carbocycles. The molecule has 2 heteroatoms. The molecule has 0 aliphatic heterocycles. The number of rotatable bonds is 3. The third-order valence-electron chi connectivity index (χ3n) is 6.00. The van der Waals surface area contributed by atoms with E-state index >= 15 is 0 Å². The second kappa shape index (κ2) is 7.38. The van der Waals surface area contributed by atoms with Crippen molar-refractivity contribution >= 4 is 17.2 Å². The highest BCUT2D eigenvalue weighted by molar-refractivity contribution is 6.31. The molecule has 3 rings (SSSR count). The first-order valence-corrected chi connectivity index (χ1v) is 9.65. The van der Waals surface area contributed by atoms with Crippen LogP contribution in [0.2, 0.25) is 5.02 Å². The minimum atomic E-state index is -0.192. The SMILES string of the molecule is CCC1CCC(c2ccc(C3=CCC(C)CC3)c(F)c2Cl)CC1. The summed E-state index contributed by atoms with van der Waals surface area (Å²) in [5, 5.41) is 0.377. The summed E-state index contributed by atoms with van der Waals surface area (Å²) in [6, 6.07) is 4.07. The zero-order chi connectivity index (χ0) is 16.4. The van der Waals surface area contributed by atoms with Gasteiger partial charge < -0.3 is 0 Å². The highest BCUT2D eigenvalue weighted by Gasteiger charge is 2.25. The molecule has 1 atom stereocenters. The zero-order valence-electron chi connectivity index (χ0n) is 14.4. The maximum atomic E-state index is 14.9. The van der Waals surface area contributed by atoms with Crippen LogP contribution >= 0.6 is 11.6 Å². The quantitative estimate of drug-likeness (QED) is 0.541. The molecule has 126 valence electrons. The first kappa shape index (κ1) is 17.0. The van der Waals surface area contributed by atoms with Gasteiger partial charge in [0.2, 0.25) is 0 Å². The van der Waals surface area contributed by atoms with Crippen LogP contribution in [-0.2, 0) is 0 Å². The van der Waals surface area contributed by atoms with Crippen molar-refractivity contribution in [3.05, 3.63) is 40.2 Å². The lowest BCUT2D eigenvalue weighted by Gasteiger charge is -2.29. The van der Waals surface area contributed by atoms with E-state index in [0.29, 0.717) is 16.9 Å². The molecule has 0 nitrogen and oxygen atoms in total. The van der Waals surface area contributed by atoms with Crippen LogP contribution in [-0.4, -0.2) is 0 Å². The Hall–Kier alpha value is -0.820. The van der Waals surface area contributed by atoms with Crippen LogP contribution in [0.3, 0.4) is 0 Å². The molecule has 2 aliphatic rings. The first-order valence-electron chi connectivity index (χ1n) is 9.27. The van der Waals surface area contributed by atoms with Gasteiger partial charge in [-0.3, -0.25) is 0 Å². The Balaban J connectivity index is 1.81. The summed E-state index contributed by atoms with van der Waals surface area (Å²) in [6.07, 6.45) is 11.4. The Labute approximate surface area is 145 Å². The van der Waals surface area contributed by atoms with Gasteiger partial charge in [0.25, 0.3) is 0 Å². The van der Waals surface area contributed by atoms with E-state index in [4.69, 9.17) is 11.6 Å². The molecule has 0 amide bonds. The molecule has 0 aromatic heterocycles. The Morgan fingerprint density at radius 2 is 1.87 bits per heavy atom. The van der Waals surface area contributed by atoms with Crippen molar-refractivity contribution < 1.29 is 4.39 Å². The summed E-state index contributed by atoms with van der Waals surface area (Å²) >= 11 is 6.45. The first-order chi connectivity index (χ1) is 11.1. The molecule has 1 saturated carbocycles. The van der Waals surface area contributed by atoms with Gasteiger partial charge in [0.15, 0.2) is 0 Å². The topological polar surface area (TPSA) is 0 Å². The van der Waals surface area contributed by atoms with Gasteiger partial charge in [-0.2, -0.15) is 0 Å². The molecular formula is C21H28ClF. The van der Waals surface area contributed by atoms with E-state index in [2.05, 4.69) is 26.0 Å². The predicted molar refractivity (Wildman–Crippen MR) is 97.4 cm³/mol. The molecule has 23 heavy (non-hydrogen) atoms. The van der Waals surface area contributed by atoms with Gasteiger partial charge in [-0.1, -0.05) is 50.1 Å². The highest BCUT2D eigenvalue weighted by atomic mass is 35.5. The molecule has 0 radical (unpaired) electrons. The average molecular weight is 335 g/mol. The lowest BCUT2D eigenvalue weighted by atomic mass is 9.77. The second-order valence-corrected chi connectivity index (χ2v) is 7.94. The maximum absolute atomic E-state index is 14.9. The third-order valence-corrected chi connectivity index (χ3v) is 6.38. The van der Waals surface area contributed by atoms with Crippen molar-refractivity contribution in [3.8, 4) is 0 Å². The average Bonchev–Trinajstić information content (AvgIpc) is 2.58. The number of benzene rings is 1. The van der Waals surface area contributed by atoms with E-state index in [0.717, 1.165) is 54.7 Å². The standard InChI is InChI=1S/C21H28ClF/c1-3-15-6-10-16(11-7-15)18-12-13-19(21(23)20(18)22)17-8-4-14(2)5-9-17/h8,12-16H,3-7,9-11H2,1-2H3. The van der Waals surface area contributed by atoms with Crippen molar-refractivity contribution in [2.45, 2.75) is 71.1 Å². The number of allylic oxidation sites excluding steroid dienone is 2. The number of hydrogen-bond donors (Lipinski definition) is 0. The van der Waals surface area contributed by atoms with Crippen molar-refractivity contribution in [2.24, 2.45) is 11.8 Å². The van der Waals surface area contributed by atoms with E-state index in [1.165, 1.54) is 19.3 Å². The van der Waals surface area contributed by atoms with Gasteiger partial charge in [-0.25, -0.2) is 4.39 Å². The van der Waals surface area contributed by atoms with Crippen LogP contribution in [0.5, 0.6) is 0 Å². The Morgan fingerprint density at radius 1 is 1.13 bits per heavy atom. The fourth-order valence-electron chi connectivity index (χ4n) is 4.22. The summed E-state index contributed by atoms with van der Waals surface area (Å²) in [4.78, 5) is 0. The van der Waals surface area contributed by atoms with Crippen LogP contribution in [0.1, 0.15) is 82.3 Å². The summed E-state index contributed by atoms with van der Waals surface area (Å²) in [5.41, 5.74) is 2.91. The molecule has 0 heterocycles. The van der Waals surface area contributed by atoms with Gasteiger partial charge in [0, 0.05) is 5.56 Å². The van der Waals surface area contributed by atoms with E-state index in [1.54, 1.807) is 0 Å². The second-order valence-electron chi connectivity index (χ2n) is 7.57. The molecular weight excluding hydrogens is 307 g/mol. The maximum Gasteiger partial charge on any atom is 0.149 e. The summed E-state index contributed by atoms with van der Waals surface area (Å²) in [5.74, 6) is 1.81. The highest BCUT2D eigenvalue weighted by Crippen LogP contribution is 2.42. The molecule has 1 aromatic rings. The van der Waals surface area contributed by atoms with E-state index in [9.17, 15) is 4.39 Å². The predicted octanol–water partition coefficient (Wildman–Crippen LogP) is 7.37. The van der Waals surface area contributed by atoms with Crippen molar-refractivity contribution in [3.63, 3.8) is 0 Å². The molecule has 0 spiro atoms. The van der Waals surface area contributed by atoms with Gasteiger partial charge in [0.1, 0.15) is 5.82 Å². The van der Waals surface area contributed by atoms with E-state index < -0.39 is 0 Å². The normalized spacial score (nSPS) is 28.5. The van der Waals surface area contributed by atoms with Crippen LogP contribution in [0.15, 0.2) is 18.2 Å². The lowest BCUT2D eigenvalue weighted by Crippen LogP contribution is -2.13. The van der Waals surface area contributed by atoms with Crippen LogP contribution in [0, 0.1) is 17.7 Å². The molecule has 0 saturated heterocycles. The number of halogens is 2. The smallest absolute Gasteiger partial charge is 0.149 e. The van der Waals surface area contributed by atoms with E-state index in [-0.39, 0.29) is 5.82 Å². The lowest BCUT2D eigenvalue weighted by molar-refractivity contribution is 0.318. The monoisotopic (exact) mass is 334 g/mol. The van der Waals surface area contributed by atoms with E-state index in [1.807, 2.05) is 6.07 Å². The van der Waals surface area contributed by atoms with Crippen molar-refractivity contribution in [1.82, 2.24) is 0 Å². The number of hydrogen-bond acceptors (Lipinski definition) is 0. The molecule has 0 N–H and O–H groups in total. The van der Waals surface area contributed by atoms with Crippen LogP contribution < -0.4 is 0 Å². The van der Waals surface area contributed by atoms with Gasteiger partial charge in [-0.05, 0) is 73.8 Å². The molecule has 1 unspecified atom stereocenters. The van der Waals surface area contributed by atoms with Gasteiger partial charge in [0.05, 0.1) is 5.02 Å².